The fourth-order valence-electron chi connectivity index (χ4n) is 4.12. The molecule has 3 nitrogen and oxygen atoms in total. The molecule has 0 aliphatic heterocycles. The van der Waals surface area contributed by atoms with Crippen molar-refractivity contribution in [1.82, 2.24) is 0 Å². The largest absolute Gasteiger partial charge is 0.500 e. The van der Waals surface area contributed by atoms with Crippen LogP contribution in [0.1, 0.15) is 137 Å². The Kier molecular flexibility index (Phi) is 24.3. The maximum Gasteiger partial charge on any atom is 0.500 e. The zero-order valence-corrected chi connectivity index (χ0v) is 22.7. The summed E-state index contributed by atoms with van der Waals surface area (Å²) < 4.78 is 17.8. The minimum absolute atomic E-state index is 0.682. The maximum absolute atomic E-state index is 5.94. The lowest BCUT2D eigenvalue weighted by molar-refractivity contribution is 0.0706. The molecule has 31 heavy (non-hydrogen) atoms. The van der Waals surface area contributed by atoms with Gasteiger partial charge in [-0.05, 0) is 52.9 Å². The van der Waals surface area contributed by atoms with E-state index in [-0.39, 0.29) is 0 Å². The van der Waals surface area contributed by atoms with Crippen LogP contribution in [0, 0.1) is 0 Å². The van der Waals surface area contributed by atoms with Crippen LogP contribution in [0.25, 0.3) is 0 Å². The van der Waals surface area contributed by atoms with Crippen molar-refractivity contribution in [1.29, 1.82) is 0 Å². The number of hydrogen-bond acceptors (Lipinski definition) is 3. The van der Waals surface area contributed by atoms with E-state index in [1.165, 1.54) is 103 Å². The first-order chi connectivity index (χ1) is 15.2. The fourth-order valence-corrected chi connectivity index (χ4v) is 6.81. The van der Waals surface area contributed by atoms with Crippen molar-refractivity contribution >= 4 is 8.80 Å². The lowest BCUT2D eigenvalue weighted by Crippen LogP contribution is -2.45. The monoisotopic (exact) mass is 456 g/mol. The minimum Gasteiger partial charge on any atom is -0.374 e. The lowest BCUT2D eigenvalue weighted by atomic mass is 10.1. The molecule has 0 radical (unpaired) electrons. The van der Waals surface area contributed by atoms with Crippen LogP contribution in [-0.4, -0.2) is 28.6 Å². The van der Waals surface area contributed by atoms with Gasteiger partial charge in [0.05, 0.1) is 0 Å². The van der Waals surface area contributed by atoms with Gasteiger partial charge in [-0.2, -0.15) is 0 Å². The van der Waals surface area contributed by atoms with Crippen LogP contribution >= 0.6 is 0 Å². The van der Waals surface area contributed by atoms with E-state index < -0.39 is 8.80 Å². The minimum atomic E-state index is -2.41. The number of unbranched alkanes of at least 4 members (excludes halogenated alkanes) is 15. The van der Waals surface area contributed by atoms with Gasteiger partial charge in [0, 0.05) is 25.9 Å². The highest BCUT2D eigenvalue weighted by Crippen LogP contribution is 2.21. The SMILES string of the molecule is CCCCCCCC/C=C\CCCCCCCCCCC[Si](OCC)(OCC)OCC. The molecule has 0 aromatic carbocycles. The second-order valence-corrected chi connectivity index (χ2v) is 11.5. The first-order valence-corrected chi connectivity index (χ1v) is 15.7. The van der Waals surface area contributed by atoms with Crippen LogP contribution in [-0.2, 0) is 13.3 Å². The molecule has 0 bridgehead atoms. The second-order valence-electron chi connectivity index (χ2n) is 8.73. The molecule has 0 atom stereocenters. The van der Waals surface area contributed by atoms with Crippen LogP contribution in [0.3, 0.4) is 0 Å². The zero-order valence-electron chi connectivity index (χ0n) is 21.7. The van der Waals surface area contributed by atoms with Crippen molar-refractivity contribution in [2.24, 2.45) is 0 Å². The van der Waals surface area contributed by atoms with Gasteiger partial charge in [-0.25, -0.2) is 0 Å². The molecule has 0 saturated carbocycles. The third-order valence-electron chi connectivity index (χ3n) is 5.84. The van der Waals surface area contributed by atoms with E-state index in [2.05, 4.69) is 19.1 Å². The molecular formula is C27H56O3Si. The van der Waals surface area contributed by atoms with Gasteiger partial charge >= 0.3 is 8.80 Å². The number of allylic oxidation sites excluding steroid dienone is 2. The van der Waals surface area contributed by atoms with Crippen molar-refractivity contribution < 1.29 is 13.3 Å². The predicted octanol–water partition coefficient (Wildman–Crippen LogP) is 9.24. The average Bonchev–Trinajstić information content (AvgIpc) is 2.76. The smallest absolute Gasteiger partial charge is 0.374 e. The van der Waals surface area contributed by atoms with Crippen molar-refractivity contribution in [3.63, 3.8) is 0 Å². The fraction of sp³-hybridized carbons (Fsp3) is 0.926. The number of rotatable bonds is 25. The molecule has 0 spiro atoms. The van der Waals surface area contributed by atoms with Crippen LogP contribution < -0.4 is 0 Å². The topological polar surface area (TPSA) is 27.7 Å². The predicted molar refractivity (Wildman–Crippen MR) is 139 cm³/mol. The molecule has 0 aromatic rings. The highest BCUT2D eigenvalue weighted by Gasteiger charge is 2.39. The van der Waals surface area contributed by atoms with Gasteiger partial charge in [0.1, 0.15) is 0 Å². The van der Waals surface area contributed by atoms with Gasteiger partial charge in [0.2, 0.25) is 0 Å². The molecule has 0 heterocycles. The van der Waals surface area contributed by atoms with E-state index in [9.17, 15) is 0 Å². The van der Waals surface area contributed by atoms with Crippen molar-refractivity contribution in [2.45, 2.75) is 143 Å². The van der Waals surface area contributed by atoms with Crippen molar-refractivity contribution in [3.8, 4) is 0 Å². The molecule has 0 saturated heterocycles. The van der Waals surface area contributed by atoms with E-state index in [0.29, 0.717) is 19.8 Å². The van der Waals surface area contributed by atoms with E-state index in [1.807, 2.05) is 20.8 Å². The highest BCUT2D eigenvalue weighted by atomic mass is 28.4. The average molecular weight is 457 g/mol. The van der Waals surface area contributed by atoms with Gasteiger partial charge in [0.15, 0.2) is 0 Å². The van der Waals surface area contributed by atoms with E-state index in [4.69, 9.17) is 13.3 Å². The first-order valence-electron chi connectivity index (χ1n) is 13.8. The summed E-state index contributed by atoms with van der Waals surface area (Å²) in [4.78, 5) is 0. The summed E-state index contributed by atoms with van der Waals surface area (Å²) in [6, 6.07) is 0.967. The quantitative estimate of drug-likeness (QED) is 0.0778. The normalized spacial score (nSPS) is 12.3. The van der Waals surface area contributed by atoms with Gasteiger partial charge in [0.25, 0.3) is 0 Å². The Balaban J connectivity index is 3.46. The highest BCUT2D eigenvalue weighted by molar-refractivity contribution is 6.60. The summed E-state index contributed by atoms with van der Waals surface area (Å²) in [5, 5.41) is 0. The van der Waals surface area contributed by atoms with Crippen LogP contribution in [0.2, 0.25) is 6.04 Å². The molecule has 0 aliphatic carbocycles. The zero-order chi connectivity index (χ0) is 22.9. The van der Waals surface area contributed by atoms with Gasteiger partial charge in [-0.1, -0.05) is 96.1 Å². The standard InChI is InChI=1S/C27H56O3Si/c1-5-9-10-11-12-13-14-15-16-17-18-19-20-21-22-23-24-25-26-27-31(28-6-2,29-7-3)30-8-4/h15-16H,5-14,17-27H2,1-4H3/b16-15-. The van der Waals surface area contributed by atoms with Gasteiger partial charge < -0.3 is 13.3 Å². The Morgan fingerprint density at radius 1 is 0.452 bits per heavy atom. The molecule has 0 amide bonds. The molecule has 0 N–H and O–H groups in total. The summed E-state index contributed by atoms with van der Waals surface area (Å²) in [6.45, 7) is 10.4. The maximum atomic E-state index is 5.94. The summed E-state index contributed by atoms with van der Waals surface area (Å²) in [6.07, 6.45) is 27.9. The van der Waals surface area contributed by atoms with E-state index in [1.54, 1.807) is 0 Å². The van der Waals surface area contributed by atoms with Crippen molar-refractivity contribution in [2.75, 3.05) is 19.8 Å². The summed E-state index contributed by atoms with van der Waals surface area (Å²) >= 11 is 0. The van der Waals surface area contributed by atoms with E-state index >= 15 is 0 Å². The molecule has 186 valence electrons. The first kappa shape index (κ1) is 30.8. The Bertz CT molecular complexity index is 356. The van der Waals surface area contributed by atoms with E-state index in [0.717, 1.165) is 12.5 Å². The molecule has 0 aliphatic rings. The van der Waals surface area contributed by atoms with Crippen molar-refractivity contribution in [3.05, 3.63) is 12.2 Å². The second kappa shape index (κ2) is 24.5. The molecule has 0 fully saturated rings. The Hall–Kier alpha value is -0.163. The Morgan fingerprint density at radius 2 is 0.806 bits per heavy atom. The van der Waals surface area contributed by atoms with Crippen LogP contribution in [0.15, 0.2) is 12.2 Å². The summed E-state index contributed by atoms with van der Waals surface area (Å²) in [5.74, 6) is 0. The molecule has 0 aromatic heterocycles. The molecule has 4 heteroatoms. The third kappa shape index (κ3) is 20.2. The third-order valence-corrected chi connectivity index (χ3v) is 8.99. The Labute approximate surface area is 197 Å². The molecule has 0 unspecified atom stereocenters. The molecule has 0 rings (SSSR count). The van der Waals surface area contributed by atoms with Gasteiger partial charge in [-0.15, -0.1) is 0 Å². The number of hydrogen-bond donors (Lipinski definition) is 0. The van der Waals surface area contributed by atoms with Crippen LogP contribution in [0.4, 0.5) is 0 Å². The lowest BCUT2D eigenvalue weighted by Gasteiger charge is -2.28. The summed E-state index contributed by atoms with van der Waals surface area (Å²) in [7, 11) is -2.41. The van der Waals surface area contributed by atoms with Gasteiger partial charge in [-0.3, -0.25) is 0 Å². The Morgan fingerprint density at radius 3 is 1.19 bits per heavy atom. The van der Waals surface area contributed by atoms with Crippen LogP contribution in [0.5, 0.6) is 0 Å². The summed E-state index contributed by atoms with van der Waals surface area (Å²) in [5.41, 5.74) is 0. The molecular weight excluding hydrogens is 400 g/mol.